The highest BCUT2D eigenvalue weighted by atomic mass is 19.3. The van der Waals surface area contributed by atoms with Crippen molar-refractivity contribution in [1.82, 2.24) is 10.0 Å². The third-order valence-electron chi connectivity index (χ3n) is 7.16. The van der Waals surface area contributed by atoms with Gasteiger partial charge in [-0.1, -0.05) is 46.9 Å². The molecule has 9 heteroatoms. The van der Waals surface area contributed by atoms with Crippen LogP contribution in [0.2, 0.25) is 0 Å². The number of ether oxygens (including phenoxy) is 1. The lowest BCUT2D eigenvalue weighted by atomic mass is 9.92. The first-order valence-electron chi connectivity index (χ1n) is 12.9. The van der Waals surface area contributed by atoms with Crippen LogP contribution >= 0.6 is 0 Å². The van der Waals surface area contributed by atoms with Gasteiger partial charge in [-0.25, -0.2) is 9.18 Å². The summed E-state index contributed by atoms with van der Waals surface area (Å²) < 4.78 is 64.8. The van der Waals surface area contributed by atoms with E-state index in [4.69, 9.17) is 4.74 Å². The molecule has 4 rings (SSSR count). The second kappa shape index (κ2) is 10.7. The Bertz CT molecular complexity index is 1130. The molecule has 1 saturated heterocycles. The molecule has 206 valence electrons. The summed E-state index contributed by atoms with van der Waals surface area (Å²) in [5.74, 6) is -8.07. The number of benzene rings is 2. The van der Waals surface area contributed by atoms with Crippen LogP contribution in [0, 0.1) is 5.92 Å². The Morgan fingerprint density at radius 3 is 2.21 bits per heavy atom. The van der Waals surface area contributed by atoms with Crippen molar-refractivity contribution in [3.63, 3.8) is 0 Å². The Hall–Kier alpha value is -2.94. The minimum absolute atomic E-state index is 0.0850. The largest absolute Gasteiger partial charge is 0.456 e. The predicted octanol–water partition coefficient (Wildman–Crippen LogP) is 6.10. The van der Waals surface area contributed by atoms with Crippen LogP contribution in [0.25, 0.3) is 0 Å². The summed E-state index contributed by atoms with van der Waals surface area (Å²) in [6, 6.07) is 15.6. The van der Waals surface area contributed by atoms with Gasteiger partial charge in [-0.05, 0) is 69.2 Å². The Balaban J connectivity index is 1.26. The highest BCUT2D eigenvalue weighted by Crippen LogP contribution is 2.56. The molecule has 1 aliphatic carbocycles. The molecule has 5 nitrogen and oxygen atoms in total. The third kappa shape index (κ3) is 6.73. The van der Waals surface area contributed by atoms with Crippen LogP contribution in [0.3, 0.4) is 0 Å². The molecule has 1 heterocycles. The molecule has 2 aliphatic rings. The first-order valence-corrected chi connectivity index (χ1v) is 12.9. The number of rotatable bonds is 8. The van der Waals surface area contributed by atoms with Gasteiger partial charge in [0.1, 0.15) is 11.3 Å². The van der Waals surface area contributed by atoms with Gasteiger partial charge in [0.15, 0.2) is 0 Å². The highest BCUT2D eigenvalue weighted by Gasteiger charge is 2.61. The quantitative estimate of drug-likeness (QED) is 0.233. The molecule has 0 aromatic heterocycles. The number of carbonyl (C=O) groups is 2. The number of halogens is 4. The minimum Gasteiger partial charge on any atom is -0.456 e. The molecule has 0 bridgehead atoms. The van der Waals surface area contributed by atoms with Crippen LogP contribution in [-0.2, 0) is 16.1 Å². The molecule has 1 saturated carbocycles. The van der Waals surface area contributed by atoms with Crippen molar-refractivity contribution >= 4 is 11.9 Å². The highest BCUT2D eigenvalue weighted by molar-refractivity contribution is 5.89. The fraction of sp³-hybridized carbons (Fsp3) is 0.517. The Kier molecular flexibility index (Phi) is 7.89. The molecule has 2 aromatic rings. The number of amides is 1. The Labute approximate surface area is 220 Å². The van der Waals surface area contributed by atoms with E-state index in [2.05, 4.69) is 0 Å². The molecule has 0 N–H and O–H groups in total. The van der Waals surface area contributed by atoms with Gasteiger partial charge < -0.3 is 4.74 Å². The van der Waals surface area contributed by atoms with Gasteiger partial charge in [0.2, 0.25) is 0 Å². The number of esters is 1. The van der Waals surface area contributed by atoms with Crippen molar-refractivity contribution < 1.29 is 32.0 Å². The fourth-order valence-corrected chi connectivity index (χ4v) is 4.92. The van der Waals surface area contributed by atoms with Gasteiger partial charge >= 0.3 is 17.8 Å². The maximum absolute atomic E-state index is 15.4. The number of likely N-dealkylation sites (tertiary alicyclic amines) is 1. The van der Waals surface area contributed by atoms with Crippen molar-refractivity contribution in [3.05, 3.63) is 71.3 Å². The number of hydrogen-bond acceptors (Lipinski definition) is 4. The zero-order chi connectivity index (χ0) is 27.7. The van der Waals surface area contributed by atoms with Gasteiger partial charge in [-0.3, -0.25) is 9.69 Å². The lowest BCUT2D eigenvalue weighted by Gasteiger charge is -2.37. The van der Waals surface area contributed by atoms with Gasteiger partial charge in [0, 0.05) is 25.6 Å². The van der Waals surface area contributed by atoms with E-state index in [0.717, 1.165) is 5.56 Å². The van der Waals surface area contributed by atoms with Crippen LogP contribution < -0.4 is 0 Å². The molecule has 1 aliphatic heterocycles. The molecule has 2 aromatic carbocycles. The number of hydrogen-bond donors (Lipinski definition) is 0. The van der Waals surface area contributed by atoms with Crippen LogP contribution in [0.5, 0.6) is 0 Å². The molecule has 2 fully saturated rings. The number of alkyl halides is 3. The second-order valence-electron chi connectivity index (χ2n) is 11.4. The van der Waals surface area contributed by atoms with Gasteiger partial charge in [-0.15, -0.1) is 0 Å². The van der Waals surface area contributed by atoms with Crippen LogP contribution in [-0.4, -0.2) is 58.7 Å². The lowest BCUT2D eigenvalue weighted by Crippen LogP contribution is -2.50. The molecule has 0 spiro atoms. The molecule has 2 unspecified atom stereocenters. The van der Waals surface area contributed by atoms with E-state index >= 15 is 4.39 Å². The van der Waals surface area contributed by atoms with Crippen molar-refractivity contribution in [2.75, 3.05) is 19.6 Å². The molecule has 0 radical (unpaired) electrons. The topological polar surface area (TPSA) is 49.9 Å². The van der Waals surface area contributed by atoms with Gasteiger partial charge in [-0.2, -0.15) is 13.9 Å². The van der Waals surface area contributed by atoms with E-state index in [1.54, 1.807) is 75.4 Å². The molecule has 1 amide bonds. The standard InChI is InChI=1S/C29H34F4N2O3/c1-27(2,3)38-25(36)22-11-9-20(10-12-22)18-34-15-13-28(30,14-16-34)19-35(33)26(37)29(31,32)24-17-23(24)21-7-5-4-6-8-21/h4-12,23-24H,13-19H2,1-3H3. The summed E-state index contributed by atoms with van der Waals surface area (Å²) in [4.78, 5) is 26.4. The summed E-state index contributed by atoms with van der Waals surface area (Å²) in [5.41, 5.74) is -0.663. The average Bonchev–Trinajstić information content (AvgIpc) is 3.67. The predicted molar refractivity (Wildman–Crippen MR) is 135 cm³/mol. The van der Waals surface area contributed by atoms with Crippen molar-refractivity contribution in [3.8, 4) is 0 Å². The molecule has 2 atom stereocenters. The fourth-order valence-electron chi connectivity index (χ4n) is 4.92. The first-order chi connectivity index (χ1) is 17.8. The number of carbonyl (C=O) groups excluding carboxylic acids is 2. The summed E-state index contributed by atoms with van der Waals surface area (Å²) in [7, 11) is 0. The van der Waals surface area contributed by atoms with Crippen LogP contribution in [0.1, 0.15) is 67.4 Å². The normalized spacial score (nSPS) is 21.6. The summed E-state index contributed by atoms with van der Waals surface area (Å²) in [6.45, 7) is 5.41. The Morgan fingerprint density at radius 1 is 1.03 bits per heavy atom. The minimum atomic E-state index is -3.89. The summed E-state index contributed by atoms with van der Waals surface area (Å²) in [5, 5.41) is -0.620. The zero-order valence-electron chi connectivity index (χ0n) is 21.9. The molecular formula is C29H34F4N2O3. The maximum atomic E-state index is 15.4. The average molecular weight is 535 g/mol. The van der Waals surface area contributed by atoms with E-state index in [1.165, 1.54) is 0 Å². The van der Waals surface area contributed by atoms with E-state index in [0.29, 0.717) is 17.7 Å². The van der Waals surface area contributed by atoms with E-state index < -0.39 is 52.6 Å². The van der Waals surface area contributed by atoms with Gasteiger partial charge in [0.05, 0.1) is 12.1 Å². The van der Waals surface area contributed by atoms with E-state index in [1.807, 2.05) is 4.90 Å². The lowest BCUT2D eigenvalue weighted by molar-refractivity contribution is -0.182. The van der Waals surface area contributed by atoms with Crippen LogP contribution in [0.4, 0.5) is 17.7 Å². The molecular weight excluding hydrogens is 500 g/mol. The smallest absolute Gasteiger partial charge is 0.338 e. The monoisotopic (exact) mass is 534 g/mol. The Morgan fingerprint density at radius 2 is 1.63 bits per heavy atom. The molecule has 38 heavy (non-hydrogen) atoms. The van der Waals surface area contributed by atoms with Crippen molar-refractivity contribution in [2.45, 2.75) is 69.7 Å². The second-order valence-corrected chi connectivity index (χ2v) is 11.4. The summed E-state index contributed by atoms with van der Waals surface area (Å²) >= 11 is 0. The number of nitrogens with zero attached hydrogens (tertiary/aromatic N) is 2. The van der Waals surface area contributed by atoms with Crippen molar-refractivity contribution in [1.29, 1.82) is 0 Å². The van der Waals surface area contributed by atoms with Crippen LogP contribution in [0.15, 0.2) is 54.6 Å². The van der Waals surface area contributed by atoms with E-state index in [-0.39, 0.29) is 32.4 Å². The number of piperidine rings is 1. The van der Waals surface area contributed by atoms with E-state index in [9.17, 15) is 22.9 Å². The zero-order valence-corrected chi connectivity index (χ0v) is 21.9. The summed E-state index contributed by atoms with van der Waals surface area (Å²) in [6.07, 6.45) is -0.0816. The van der Waals surface area contributed by atoms with Gasteiger partial charge in [0.25, 0.3) is 0 Å². The maximum Gasteiger partial charge on any atom is 0.338 e. The van der Waals surface area contributed by atoms with Crippen molar-refractivity contribution in [2.24, 2.45) is 5.92 Å². The third-order valence-corrected chi connectivity index (χ3v) is 7.16. The first kappa shape index (κ1) is 28.1. The SMILES string of the molecule is CC(C)(C)OC(=O)c1ccc(CN2CCC(F)(CN(F)C(=O)C(F)(F)C3CC3c3ccccc3)CC2)cc1.